The van der Waals surface area contributed by atoms with Crippen LogP contribution in [-0.2, 0) is 11.2 Å². The summed E-state index contributed by atoms with van der Waals surface area (Å²) in [5, 5.41) is 3.44. The van der Waals surface area contributed by atoms with Gasteiger partial charge in [-0.2, -0.15) is 0 Å². The SMILES string of the molecule is O=C(CCc1cccc(Cl)c1)Nc1ccccn1. The number of amides is 1. The van der Waals surface area contributed by atoms with Crippen LogP contribution < -0.4 is 5.32 Å². The molecule has 1 N–H and O–H groups in total. The number of benzene rings is 1. The summed E-state index contributed by atoms with van der Waals surface area (Å²) in [5.41, 5.74) is 1.05. The van der Waals surface area contributed by atoms with Gasteiger partial charge in [0.25, 0.3) is 0 Å². The highest BCUT2D eigenvalue weighted by atomic mass is 35.5. The minimum atomic E-state index is -0.0475. The number of carbonyl (C=O) groups excluding carboxylic acids is 1. The zero-order chi connectivity index (χ0) is 12.8. The molecule has 1 aromatic heterocycles. The second-order valence-corrected chi connectivity index (χ2v) is 4.33. The summed E-state index contributed by atoms with van der Waals surface area (Å²) in [5.74, 6) is 0.530. The van der Waals surface area contributed by atoms with E-state index in [1.807, 2.05) is 36.4 Å². The highest BCUT2D eigenvalue weighted by Crippen LogP contribution is 2.12. The number of rotatable bonds is 4. The number of carbonyl (C=O) groups is 1. The van der Waals surface area contributed by atoms with Crippen LogP contribution in [0.3, 0.4) is 0 Å². The van der Waals surface area contributed by atoms with Gasteiger partial charge in [0.05, 0.1) is 0 Å². The summed E-state index contributed by atoms with van der Waals surface area (Å²) in [6.45, 7) is 0. The summed E-state index contributed by atoms with van der Waals surface area (Å²) in [6, 6.07) is 12.9. The fourth-order valence-corrected chi connectivity index (χ4v) is 1.81. The minimum Gasteiger partial charge on any atom is -0.311 e. The van der Waals surface area contributed by atoms with Gasteiger partial charge in [-0.05, 0) is 36.2 Å². The van der Waals surface area contributed by atoms with Gasteiger partial charge >= 0.3 is 0 Å². The second kappa shape index (κ2) is 6.17. The predicted octanol–water partition coefficient (Wildman–Crippen LogP) is 3.31. The molecular formula is C14H13ClN2O. The topological polar surface area (TPSA) is 42.0 Å². The lowest BCUT2D eigenvalue weighted by molar-refractivity contribution is -0.116. The smallest absolute Gasteiger partial charge is 0.225 e. The highest BCUT2D eigenvalue weighted by Gasteiger charge is 2.03. The van der Waals surface area contributed by atoms with E-state index in [0.29, 0.717) is 23.7 Å². The molecule has 2 rings (SSSR count). The summed E-state index contributed by atoms with van der Waals surface area (Å²) >= 11 is 5.88. The summed E-state index contributed by atoms with van der Waals surface area (Å²) < 4.78 is 0. The number of aromatic nitrogens is 1. The molecule has 0 radical (unpaired) electrons. The Morgan fingerprint density at radius 3 is 2.83 bits per heavy atom. The molecule has 0 unspecified atom stereocenters. The van der Waals surface area contributed by atoms with Crippen LogP contribution in [0.5, 0.6) is 0 Å². The number of halogens is 1. The molecule has 1 aromatic carbocycles. The number of nitrogens with one attached hydrogen (secondary N) is 1. The molecule has 1 amide bonds. The standard InChI is InChI=1S/C14H13ClN2O/c15-12-5-3-4-11(10-12)7-8-14(18)17-13-6-1-2-9-16-13/h1-6,9-10H,7-8H2,(H,16,17,18). The molecule has 0 saturated heterocycles. The first-order chi connectivity index (χ1) is 8.74. The first-order valence-electron chi connectivity index (χ1n) is 5.69. The van der Waals surface area contributed by atoms with Crippen molar-refractivity contribution in [3.05, 3.63) is 59.2 Å². The van der Waals surface area contributed by atoms with E-state index in [9.17, 15) is 4.79 Å². The van der Waals surface area contributed by atoms with E-state index in [4.69, 9.17) is 11.6 Å². The van der Waals surface area contributed by atoms with Gasteiger partial charge in [0.15, 0.2) is 0 Å². The average molecular weight is 261 g/mol. The molecule has 92 valence electrons. The normalized spacial score (nSPS) is 10.1. The monoisotopic (exact) mass is 260 g/mol. The number of pyridine rings is 1. The molecule has 1 heterocycles. The van der Waals surface area contributed by atoms with Gasteiger partial charge in [-0.25, -0.2) is 4.98 Å². The molecule has 0 aliphatic heterocycles. The molecule has 0 fully saturated rings. The number of aryl methyl sites for hydroxylation is 1. The molecule has 4 heteroatoms. The van der Waals surface area contributed by atoms with Crippen LogP contribution in [0, 0.1) is 0 Å². The summed E-state index contributed by atoms with van der Waals surface area (Å²) in [7, 11) is 0. The van der Waals surface area contributed by atoms with Gasteiger partial charge in [0.1, 0.15) is 5.82 Å². The lowest BCUT2D eigenvalue weighted by Gasteiger charge is -2.04. The van der Waals surface area contributed by atoms with Crippen LogP contribution >= 0.6 is 11.6 Å². The number of hydrogen-bond acceptors (Lipinski definition) is 2. The van der Waals surface area contributed by atoms with Crippen molar-refractivity contribution in [2.45, 2.75) is 12.8 Å². The fraction of sp³-hybridized carbons (Fsp3) is 0.143. The Kier molecular flexibility index (Phi) is 4.31. The predicted molar refractivity (Wildman–Crippen MR) is 72.6 cm³/mol. The van der Waals surface area contributed by atoms with Crippen molar-refractivity contribution in [2.75, 3.05) is 5.32 Å². The quantitative estimate of drug-likeness (QED) is 0.916. The third-order valence-electron chi connectivity index (χ3n) is 2.46. The zero-order valence-electron chi connectivity index (χ0n) is 9.77. The molecule has 0 aliphatic rings. The highest BCUT2D eigenvalue weighted by molar-refractivity contribution is 6.30. The molecule has 0 atom stereocenters. The first-order valence-corrected chi connectivity index (χ1v) is 6.07. The van der Waals surface area contributed by atoms with E-state index in [0.717, 1.165) is 5.56 Å². The van der Waals surface area contributed by atoms with E-state index >= 15 is 0 Å². The van der Waals surface area contributed by atoms with Crippen LogP contribution in [0.15, 0.2) is 48.7 Å². The Hall–Kier alpha value is -1.87. The van der Waals surface area contributed by atoms with E-state index in [2.05, 4.69) is 10.3 Å². The van der Waals surface area contributed by atoms with Crippen molar-refractivity contribution in [3.8, 4) is 0 Å². The van der Waals surface area contributed by atoms with Crippen molar-refractivity contribution in [2.24, 2.45) is 0 Å². The van der Waals surface area contributed by atoms with Gasteiger partial charge in [0, 0.05) is 17.6 Å². The molecule has 0 aliphatic carbocycles. The van der Waals surface area contributed by atoms with E-state index in [-0.39, 0.29) is 5.91 Å². The maximum absolute atomic E-state index is 11.7. The molecular weight excluding hydrogens is 248 g/mol. The maximum Gasteiger partial charge on any atom is 0.225 e. The number of nitrogens with zero attached hydrogens (tertiary/aromatic N) is 1. The summed E-state index contributed by atoms with van der Waals surface area (Å²) in [6.07, 6.45) is 2.72. The molecule has 18 heavy (non-hydrogen) atoms. The first kappa shape index (κ1) is 12.6. The minimum absolute atomic E-state index is 0.0475. The Morgan fingerprint density at radius 1 is 1.22 bits per heavy atom. The molecule has 3 nitrogen and oxygen atoms in total. The van der Waals surface area contributed by atoms with Crippen LogP contribution in [0.1, 0.15) is 12.0 Å². The van der Waals surface area contributed by atoms with Gasteiger partial charge in [-0.1, -0.05) is 29.8 Å². The molecule has 0 spiro atoms. The zero-order valence-corrected chi connectivity index (χ0v) is 10.5. The van der Waals surface area contributed by atoms with Gasteiger partial charge in [-0.15, -0.1) is 0 Å². The van der Waals surface area contributed by atoms with E-state index < -0.39 is 0 Å². The maximum atomic E-state index is 11.7. The van der Waals surface area contributed by atoms with Crippen LogP contribution in [-0.4, -0.2) is 10.9 Å². The third kappa shape index (κ3) is 3.86. The Morgan fingerprint density at radius 2 is 2.11 bits per heavy atom. The van der Waals surface area contributed by atoms with Gasteiger partial charge < -0.3 is 5.32 Å². The Labute approximate surface area is 111 Å². The van der Waals surface area contributed by atoms with Crippen LogP contribution in [0.4, 0.5) is 5.82 Å². The van der Waals surface area contributed by atoms with Crippen molar-refractivity contribution in [3.63, 3.8) is 0 Å². The lowest BCUT2D eigenvalue weighted by atomic mass is 10.1. The molecule has 0 saturated carbocycles. The van der Waals surface area contributed by atoms with Crippen molar-refractivity contribution in [1.82, 2.24) is 4.98 Å². The van der Waals surface area contributed by atoms with Crippen molar-refractivity contribution >= 4 is 23.3 Å². The van der Waals surface area contributed by atoms with Gasteiger partial charge in [-0.3, -0.25) is 4.79 Å². The number of hydrogen-bond donors (Lipinski definition) is 1. The Balaban J connectivity index is 1.85. The van der Waals surface area contributed by atoms with Gasteiger partial charge in [0.2, 0.25) is 5.91 Å². The number of anilines is 1. The van der Waals surface area contributed by atoms with E-state index in [1.165, 1.54) is 0 Å². The van der Waals surface area contributed by atoms with Crippen molar-refractivity contribution < 1.29 is 4.79 Å². The third-order valence-corrected chi connectivity index (χ3v) is 2.70. The molecule has 0 bridgehead atoms. The fourth-order valence-electron chi connectivity index (χ4n) is 1.59. The second-order valence-electron chi connectivity index (χ2n) is 3.89. The largest absolute Gasteiger partial charge is 0.311 e. The van der Waals surface area contributed by atoms with Crippen LogP contribution in [0.2, 0.25) is 5.02 Å². The van der Waals surface area contributed by atoms with Crippen LogP contribution in [0.25, 0.3) is 0 Å². The Bertz CT molecular complexity index is 528. The van der Waals surface area contributed by atoms with E-state index in [1.54, 1.807) is 12.3 Å². The lowest BCUT2D eigenvalue weighted by Crippen LogP contribution is -2.13. The van der Waals surface area contributed by atoms with Crippen molar-refractivity contribution in [1.29, 1.82) is 0 Å². The summed E-state index contributed by atoms with van der Waals surface area (Å²) in [4.78, 5) is 15.7. The average Bonchev–Trinajstić information content (AvgIpc) is 2.38. The molecule has 2 aromatic rings.